The van der Waals surface area contributed by atoms with Gasteiger partial charge in [-0.1, -0.05) is 18.2 Å². The average Bonchev–Trinajstić information content (AvgIpc) is 2.74. The lowest BCUT2D eigenvalue weighted by molar-refractivity contribution is 0.0526. The molecule has 0 unspecified atom stereocenters. The summed E-state index contributed by atoms with van der Waals surface area (Å²) in [6.45, 7) is 2.15. The number of pyridine rings is 1. The van der Waals surface area contributed by atoms with E-state index in [4.69, 9.17) is 4.74 Å². The van der Waals surface area contributed by atoms with Gasteiger partial charge >= 0.3 is 5.97 Å². The highest BCUT2D eigenvalue weighted by Crippen LogP contribution is 2.17. The summed E-state index contributed by atoms with van der Waals surface area (Å²) in [6.07, 6.45) is 1.51. The van der Waals surface area contributed by atoms with Gasteiger partial charge in [0.1, 0.15) is 11.6 Å². The number of nitrogens with one attached hydrogen (secondary N) is 2. The van der Waals surface area contributed by atoms with Crippen LogP contribution in [0.4, 0.5) is 15.9 Å². The highest BCUT2D eigenvalue weighted by molar-refractivity contribution is 5.95. The molecule has 0 spiro atoms. The van der Waals surface area contributed by atoms with Crippen LogP contribution in [0.15, 0.2) is 66.9 Å². The third-order valence-electron chi connectivity index (χ3n) is 4.09. The average molecular weight is 393 g/mol. The summed E-state index contributed by atoms with van der Waals surface area (Å²) in [5, 5.41) is 5.77. The lowest BCUT2D eigenvalue weighted by Crippen LogP contribution is -2.23. The molecule has 3 aromatic rings. The summed E-state index contributed by atoms with van der Waals surface area (Å²) in [4.78, 5) is 28.3. The van der Waals surface area contributed by atoms with Crippen LogP contribution in [0.1, 0.15) is 33.2 Å². The molecule has 1 heterocycles. The van der Waals surface area contributed by atoms with E-state index in [1.165, 1.54) is 12.3 Å². The molecule has 0 saturated carbocycles. The summed E-state index contributed by atoms with van der Waals surface area (Å²) < 4.78 is 18.6. The number of benzene rings is 2. The first-order valence-electron chi connectivity index (χ1n) is 9.08. The van der Waals surface area contributed by atoms with Crippen molar-refractivity contribution < 1.29 is 18.7 Å². The highest BCUT2D eigenvalue weighted by atomic mass is 19.1. The predicted octanol–water partition coefficient (Wildman–Crippen LogP) is 4.07. The molecule has 0 aliphatic rings. The number of amides is 1. The maximum absolute atomic E-state index is 13.7. The van der Waals surface area contributed by atoms with E-state index in [9.17, 15) is 14.0 Å². The second-order valence-corrected chi connectivity index (χ2v) is 6.13. The van der Waals surface area contributed by atoms with Gasteiger partial charge in [-0.05, 0) is 49.4 Å². The summed E-state index contributed by atoms with van der Waals surface area (Å²) in [7, 11) is 0. The van der Waals surface area contributed by atoms with Gasteiger partial charge < -0.3 is 15.4 Å². The number of carbonyl (C=O) groups is 2. The second-order valence-electron chi connectivity index (χ2n) is 6.13. The summed E-state index contributed by atoms with van der Waals surface area (Å²) >= 11 is 0. The summed E-state index contributed by atoms with van der Waals surface area (Å²) in [5.41, 5.74) is 1.96. The van der Waals surface area contributed by atoms with E-state index in [1.807, 2.05) is 0 Å². The Kier molecular flexibility index (Phi) is 6.52. The fourth-order valence-corrected chi connectivity index (χ4v) is 2.61. The minimum Gasteiger partial charge on any atom is -0.462 e. The van der Waals surface area contributed by atoms with Crippen molar-refractivity contribution in [2.45, 2.75) is 13.5 Å². The molecule has 148 valence electrons. The summed E-state index contributed by atoms with van der Waals surface area (Å²) in [5.74, 6) is -0.620. The number of aromatic nitrogens is 1. The Hall–Kier alpha value is -3.74. The largest absolute Gasteiger partial charge is 0.462 e. The Morgan fingerprint density at radius 2 is 1.79 bits per heavy atom. The van der Waals surface area contributed by atoms with E-state index < -0.39 is 0 Å². The van der Waals surface area contributed by atoms with Crippen molar-refractivity contribution >= 4 is 23.4 Å². The van der Waals surface area contributed by atoms with Crippen LogP contribution in [0.2, 0.25) is 0 Å². The van der Waals surface area contributed by atoms with E-state index in [-0.39, 0.29) is 24.2 Å². The fraction of sp³-hybridized carbons (Fsp3) is 0.136. The lowest BCUT2D eigenvalue weighted by atomic mass is 10.2. The number of esters is 1. The number of nitrogens with zero attached hydrogens (tertiary/aromatic N) is 1. The van der Waals surface area contributed by atoms with Gasteiger partial charge in [0.15, 0.2) is 0 Å². The molecular formula is C22H20FN3O3. The number of anilines is 2. The van der Waals surface area contributed by atoms with E-state index in [0.717, 1.165) is 0 Å². The van der Waals surface area contributed by atoms with Crippen LogP contribution in [0.5, 0.6) is 0 Å². The van der Waals surface area contributed by atoms with E-state index in [2.05, 4.69) is 15.6 Å². The molecule has 0 aliphatic heterocycles. The Balaban J connectivity index is 1.64. The van der Waals surface area contributed by atoms with Crippen molar-refractivity contribution in [1.29, 1.82) is 0 Å². The molecule has 0 atom stereocenters. The van der Waals surface area contributed by atoms with Crippen LogP contribution in [0.25, 0.3) is 0 Å². The Bertz CT molecular complexity index is 1010. The molecule has 0 radical (unpaired) electrons. The number of carbonyl (C=O) groups excluding carboxylic acids is 2. The normalized spacial score (nSPS) is 10.3. The van der Waals surface area contributed by atoms with Crippen molar-refractivity contribution in [3.8, 4) is 0 Å². The van der Waals surface area contributed by atoms with Crippen molar-refractivity contribution in [2.24, 2.45) is 0 Å². The second kappa shape index (κ2) is 9.45. The van der Waals surface area contributed by atoms with Crippen molar-refractivity contribution in [2.75, 3.05) is 11.9 Å². The number of halogens is 1. The molecule has 2 aromatic carbocycles. The number of hydrogen-bond acceptors (Lipinski definition) is 5. The van der Waals surface area contributed by atoms with Crippen LogP contribution in [0, 0.1) is 5.82 Å². The van der Waals surface area contributed by atoms with Crippen LogP contribution in [-0.4, -0.2) is 23.5 Å². The lowest BCUT2D eigenvalue weighted by Gasteiger charge is -2.09. The maximum atomic E-state index is 13.7. The van der Waals surface area contributed by atoms with Gasteiger partial charge in [-0.2, -0.15) is 0 Å². The van der Waals surface area contributed by atoms with Gasteiger partial charge in [-0.15, -0.1) is 0 Å². The number of ether oxygens (including phenoxy) is 1. The van der Waals surface area contributed by atoms with Gasteiger partial charge in [-0.3, -0.25) is 4.79 Å². The van der Waals surface area contributed by atoms with Crippen molar-refractivity contribution in [1.82, 2.24) is 10.3 Å². The third kappa shape index (κ3) is 5.38. The molecule has 2 N–H and O–H groups in total. The summed E-state index contributed by atoms with van der Waals surface area (Å²) in [6, 6.07) is 16.2. The third-order valence-corrected chi connectivity index (χ3v) is 4.09. The van der Waals surface area contributed by atoms with Crippen LogP contribution >= 0.6 is 0 Å². The minimum absolute atomic E-state index is 0.0892. The standard InChI is InChI=1S/C22H20FN3O3/c1-2-29-22(28)15-7-9-18(10-8-15)26-20-13-16(11-12-24-20)21(27)25-14-17-5-3-4-6-19(17)23/h3-13H,2,14H2,1H3,(H,24,26)(H,25,27). The first-order chi connectivity index (χ1) is 14.1. The highest BCUT2D eigenvalue weighted by Gasteiger charge is 2.09. The molecular weight excluding hydrogens is 373 g/mol. The Morgan fingerprint density at radius 1 is 1.03 bits per heavy atom. The van der Waals surface area contributed by atoms with E-state index in [1.54, 1.807) is 61.5 Å². The van der Waals surface area contributed by atoms with Gasteiger partial charge in [0.25, 0.3) is 5.91 Å². The fourth-order valence-electron chi connectivity index (χ4n) is 2.61. The maximum Gasteiger partial charge on any atom is 0.338 e. The zero-order chi connectivity index (χ0) is 20.6. The van der Waals surface area contributed by atoms with Crippen LogP contribution in [-0.2, 0) is 11.3 Å². The quantitative estimate of drug-likeness (QED) is 0.592. The predicted molar refractivity (Wildman–Crippen MR) is 107 cm³/mol. The molecule has 0 bridgehead atoms. The van der Waals surface area contributed by atoms with Gasteiger partial charge in [-0.25, -0.2) is 14.2 Å². The molecule has 0 fully saturated rings. The molecule has 7 heteroatoms. The van der Waals surface area contributed by atoms with Gasteiger partial charge in [0.2, 0.25) is 0 Å². The number of hydrogen-bond donors (Lipinski definition) is 2. The Morgan fingerprint density at radius 3 is 2.52 bits per heavy atom. The molecule has 0 aliphatic carbocycles. The zero-order valence-electron chi connectivity index (χ0n) is 15.8. The first kappa shape index (κ1) is 20.0. The molecule has 6 nitrogen and oxygen atoms in total. The van der Waals surface area contributed by atoms with Crippen LogP contribution < -0.4 is 10.6 Å². The smallest absolute Gasteiger partial charge is 0.338 e. The molecule has 1 amide bonds. The molecule has 1 aromatic heterocycles. The molecule has 3 rings (SSSR count). The van der Waals surface area contributed by atoms with Gasteiger partial charge in [0.05, 0.1) is 12.2 Å². The molecule has 29 heavy (non-hydrogen) atoms. The Labute approximate surface area is 167 Å². The van der Waals surface area contributed by atoms with E-state index >= 15 is 0 Å². The SMILES string of the molecule is CCOC(=O)c1ccc(Nc2cc(C(=O)NCc3ccccc3F)ccn2)cc1. The number of rotatable bonds is 7. The zero-order valence-corrected chi connectivity index (χ0v) is 15.8. The van der Waals surface area contributed by atoms with Crippen LogP contribution in [0.3, 0.4) is 0 Å². The monoisotopic (exact) mass is 393 g/mol. The van der Waals surface area contributed by atoms with Gasteiger partial charge in [0, 0.05) is 29.6 Å². The van der Waals surface area contributed by atoms with E-state index in [0.29, 0.717) is 34.8 Å². The molecule has 0 saturated heterocycles. The van der Waals surface area contributed by atoms with Crippen molar-refractivity contribution in [3.05, 3.63) is 89.4 Å². The van der Waals surface area contributed by atoms with Crippen molar-refractivity contribution in [3.63, 3.8) is 0 Å². The first-order valence-corrected chi connectivity index (χ1v) is 9.08. The topological polar surface area (TPSA) is 80.3 Å². The minimum atomic E-state index is -0.384.